The standard InChI is InChI=1S/C11H13NO.ClH/c12-9-7-11(5-6-11)13-10-4-2-1-3-8(9)10;/h1-4,9H,5-7,12H2;1H. The van der Waals surface area contributed by atoms with Crippen LogP contribution in [0, 0.1) is 0 Å². The van der Waals surface area contributed by atoms with Crippen molar-refractivity contribution in [1.29, 1.82) is 0 Å². The minimum atomic E-state index is 0. The van der Waals surface area contributed by atoms with Gasteiger partial charge in [-0.1, -0.05) is 18.2 Å². The van der Waals surface area contributed by atoms with Gasteiger partial charge in [0.25, 0.3) is 0 Å². The topological polar surface area (TPSA) is 35.2 Å². The van der Waals surface area contributed by atoms with Gasteiger partial charge in [0.05, 0.1) is 0 Å². The van der Waals surface area contributed by atoms with E-state index in [2.05, 4.69) is 6.07 Å². The third kappa shape index (κ3) is 1.39. The average Bonchev–Trinajstić information content (AvgIpc) is 2.85. The van der Waals surface area contributed by atoms with E-state index in [9.17, 15) is 0 Å². The zero-order chi connectivity index (χ0) is 8.89. The van der Waals surface area contributed by atoms with Gasteiger partial charge in [0, 0.05) is 18.0 Å². The number of nitrogens with two attached hydrogens (primary N) is 1. The molecule has 1 aromatic rings. The van der Waals surface area contributed by atoms with Crippen LogP contribution in [0.3, 0.4) is 0 Å². The predicted molar refractivity (Wildman–Crippen MR) is 57.8 cm³/mol. The summed E-state index contributed by atoms with van der Waals surface area (Å²) in [6.45, 7) is 0. The van der Waals surface area contributed by atoms with Crippen LogP contribution in [0.2, 0.25) is 0 Å². The summed E-state index contributed by atoms with van der Waals surface area (Å²) in [4.78, 5) is 0. The molecule has 1 atom stereocenters. The molecular weight excluding hydrogens is 198 g/mol. The van der Waals surface area contributed by atoms with Gasteiger partial charge >= 0.3 is 0 Å². The SMILES string of the molecule is Cl.NC1CC2(CC2)Oc2ccccc21. The Bertz CT molecular complexity index is 349. The fraction of sp³-hybridized carbons (Fsp3) is 0.455. The Kier molecular flexibility index (Phi) is 2.20. The highest BCUT2D eigenvalue weighted by atomic mass is 35.5. The fourth-order valence-corrected chi connectivity index (χ4v) is 2.11. The van der Waals surface area contributed by atoms with E-state index in [4.69, 9.17) is 10.5 Å². The first kappa shape index (κ1) is 9.81. The second-order valence-electron chi connectivity index (χ2n) is 4.13. The van der Waals surface area contributed by atoms with Crippen LogP contribution in [0.4, 0.5) is 0 Å². The van der Waals surface area contributed by atoms with E-state index in [0.29, 0.717) is 0 Å². The minimum Gasteiger partial charge on any atom is -0.487 e. The van der Waals surface area contributed by atoms with Crippen LogP contribution in [-0.4, -0.2) is 5.60 Å². The number of ether oxygens (including phenoxy) is 1. The van der Waals surface area contributed by atoms with E-state index in [1.54, 1.807) is 0 Å². The first-order valence-electron chi connectivity index (χ1n) is 4.83. The minimum absolute atomic E-state index is 0. The quantitative estimate of drug-likeness (QED) is 0.716. The van der Waals surface area contributed by atoms with Crippen molar-refractivity contribution in [3.63, 3.8) is 0 Å². The highest BCUT2D eigenvalue weighted by Gasteiger charge is 2.49. The summed E-state index contributed by atoms with van der Waals surface area (Å²) in [5.41, 5.74) is 7.37. The molecule has 0 radical (unpaired) electrons. The smallest absolute Gasteiger partial charge is 0.124 e. The maximum atomic E-state index is 6.08. The Hall–Kier alpha value is -0.730. The number of benzene rings is 1. The summed E-state index contributed by atoms with van der Waals surface area (Å²) in [6.07, 6.45) is 3.34. The van der Waals surface area contributed by atoms with Crippen molar-refractivity contribution in [3.8, 4) is 5.75 Å². The van der Waals surface area contributed by atoms with E-state index in [-0.39, 0.29) is 24.0 Å². The first-order valence-corrected chi connectivity index (χ1v) is 4.83. The molecule has 76 valence electrons. The van der Waals surface area contributed by atoms with Crippen molar-refractivity contribution in [3.05, 3.63) is 29.8 Å². The molecular formula is C11H14ClNO. The van der Waals surface area contributed by atoms with Gasteiger partial charge in [0.1, 0.15) is 11.4 Å². The molecule has 0 bridgehead atoms. The van der Waals surface area contributed by atoms with Crippen LogP contribution in [0.25, 0.3) is 0 Å². The Morgan fingerprint density at radius 1 is 1.29 bits per heavy atom. The monoisotopic (exact) mass is 211 g/mol. The molecule has 1 heterocycles. The van der Waals surface area contributed by atoms with Gasteiger partial charge in [0.2, 0.25) is 0 Å². The number of hydrogen-bond acceptors (Lipinski definition) is 2. The highest BCUT2D eigenvalue weighted by Crippen LogP contribution is 2.50. The van der Waals surface area contributed by atoms with Gasteiger partial charge < -0.3 is 10.5 Å². The van der Waals surface area contributed by atoms with Crippen LogP contribution in [0.1, 0.15) is 30.9 Å². The van der Waals surface area contributed by atoms with Crippen molar-refractivity contribution in [1.82, 2.24) is 0 Å². The average molecular weight is 212 g/mol. The number of hydrogen-bond donors (Lipinski definition) is 1. The Balaban J connectivity index is 0.000000750. The van der Waals surface area contributed by atoms with Crippen molar-refractivity contribution in [2.75, 3.05) is 0 Å². The highest BCUT2D eigenvalue weighted by molar-refractivity contribution is 5.85. The molecule has 1 saturated carbocycles. The lowest BCUT2D eigenvalue weighted by molar-refractivity contribution is 0.136. The van der Waals surface area contributed by atoms with Gasteiger partial charge in [-0.25, -0.2) is 0 Å². The molecule has 2 N–H and O–H groups in total. The van der Waals surface area contributed by atoms with E-state index in [1.165, 1.54) is 18.4 Å². The van der Waals surface area contributed by atoms with Crippen molar-refractivity contribution < 1.29 is 4.74 Å². The second kappa shape index (κ2) is 3.14. The first-order chi connectivity index (χ1) is 6.29. The van der Waals surface area contributed by atoms with Crippen LogP contribution < -0.4 is 10.5 Å². The Morgan fingerprint density at radius 2 is 2.00 bits per heavy atom. The molecule has 0 aromatic heterocycles. The summed E-state index contributed by atoms with van der Waals surface area (Å²) < 4.78 is 5.92. The summed E-state index contributed by atoms with van der Waals surface area (Å²) in [5.74, 6) is 0.999. The van der Waals surface area contributed by atoms with Crippen LogP contribution in [0.5, 0.6) is 5.75 Å². The lowest BCUT2D eigenvalue weighted by Crippen LogP contribution is -2.30. The molecule has 14 heavy (non-hydrogen) atoms. The normalized spacial score (nSPS) is 25.9. The van der Waals surface area contributed by atoms with Gasteiger partial charge in [-0.3, -0.25) is 0 Å². The van der Waals surface area contributed by atoms with E-state index < -0.39 is 0 Å². The van der Waals surface area contributed by atoms with E-state index >= 15 is 0 Å². The second-order valence-corrected chi connectivity index (χ2v) is 4.13. The molecule has 1 unspecified atom stereocenters. The van der Waals surface area contributed by atoms with Crippen molar-refractivity contribution in [2.45, 2.75) is 30.9 Å². The predicted octanol–water partition coefficient (Wildman–Crippen LogP) is 2.42. The van der Waals surface area contributed by atoms with Crippen LogP contribution in [-0.2, 0) is 0 Å². The maximum absolute atomic E-state index is 6.08. The maximum Gasteiger partial charge on any atom is 0.124 e. The fourth-order valence-electron chi connectivity index (χ4n) is 2.11. The molecule has 1 spiro atoms. The van der Waals surface area contributed by atoms with E-state index in [1.807, 2.05) is 18.2 Å². The van der Waals surface area contributed by atoms with E-state index in [0.717, 1.165) is 12.2 Å². The lowest BCUT2D eigenvalue weighted by atomic mass is 9.96. The van der Waals surface area contributed by atoms with Gasteiger partial charge in [-0.15, -0.1) is 12.4 Å². The molecule has 3 rings (SSSR count). The zero-order valence-corrected chi connectivity index (χ0v) is 8.72. The molecule has 1 aliphatic heterocycles. The molecule has 3 heteroatoms. The molecule has 0 saturated heterocycles. The lowest BCUT2D eigenvalue weighted by Gasteiger charge is -2.30. The van der Waals surface area contributed by atoms with Crippen molar-refractivity contribution in [2.24, 2.45) is 5.73 Å². The summed E-state index contributed by atoms with van der Waals surface area (Å²) in [6, 6.07) is 8.29. The summed E-state index contributed by atoms with van der Waals surface area (Å²) >= 11 is 0. The Morgan fingerprint density at radius 3 is 2.71 bits per heavy atom. The van der Waals surface area contributed by atoms with Crippen LogP contribution in [0.15, 0.2) is 24.3 Å². The van der Waals surface area contributed by atoms with Gasteiger partial charge in [-0.2, -0.15) is 0 Å². The number of halogens is 1. The molecule has 0 amide bonds. The number of fused-ring (bicyclic) bond motifs is 1. The largest absolute Gasteiger partial charge is 0.487 e. The third-order valence-electron chi connectivity index (χ3n) is 3.04. The molecule has 2 aliphatic rings. The summed E-state index contributed by atoms with van der Waals surface area (Å²) in [5, 5.41) is 0. The molecule has 1 aliphatic carbocycles. The Labute approximate surface area is 89.9 Å². The van der Waals surface area contributed by atoms with Gasteiger partial charge in [0.15, 0.2) is 0 Å². The van der Waals surface area contributed by atoms with Crippen LogP contribution >= 0.6 is 12.4 Å². The third-order valence-corrected chi connectivity index (χ3v) is 3.04. The number of para-hydroxylation sites is 1. The van der Waals surface area contributed by atoms with Crippen molar-refractivity contribution >= 4 is 12.4 Å². The molecule has 1 aromatic carbocycles. The molecule has 2 nitrogen and oxygen atoms in total. The summed E-state index contributed by atoms with van der Waals surface area (Å²) in [7, 11) is 0. The molecule has 1 fully saturated rings. The van der Waals surface area contributed by atoms with Gasteiger partial charge in [-0.05, 0) is 18.9 Å². The zero-order valence-electron chi connectivity index (χ0n) is 7.90. The number of rotatable bonds is 0.